The van der Waals surface area contributed by atoms with Crippen LogP contribution in [0, 0.1) is 34.6 Å². The van der Waals surface area contributed by atoms with Crippen LogP contribution in [0.3, 0.4) is 0 Å². The van der Waals surface area contributed by atoms with Gasteiger partial charge < -0.3 is 0 Å². The van der Waals surface area contributed by atoms with Gasteiger partial charge in [0.25, 0.3) is 0 Å². The van der Waals surface area contributed by atoms with Gasteiger partial charge in [-0.15, -0.1) is 0 Å². The summed E-state index contributed by atoms with van der Waals surface area (Å²) in [4.78, 5) is 10.6. The van der Waals surface area contributed by atoms with Crippen molar-refractivity contribution in [1.82, 2.24) is 0 Å². The number of rotatable bonds is 1. The quantitative estimate of drug-likeness (QED) is 0.296. The SMILES string of the molecule is Cc1c(C)c(C)c(C=O)c(C)c1C.[I][V]([I])[I]. The van der Waals surface area contributed by atoms with Crippen LogP contribution in [0.1, 0.15) is 38.2 Å². The van der Waals surface area contributed by atoms with Crippen molar-refractivity contribution in [2.75, 3.05) is 0 Å². The van der Waals surface area contributed by atoms with Crippen molar-refractivity contribution in [1.29, 1.82) is 0 Å². The van der Waals surface area contributed by atoms with Gasteiger partial charge in [-0.25, -0.2) is 0 Å². The average Bonchev–Trinajstić information content (AvgIpc) is 2.24. The number of hydrogen-bond donors (Lipinski definition) is 0. The fourth-order valence-corrected chi connectivity index (χ4v) is 1.71. The van der Waals surface area contributed by atoms with Gasteiger partial charge in [0.05, 0.1) is 0 Å². The third-order valence-corrected chi connectivity index (χ3v) is 3.18. The molecule has 96 valence electrons. The maximum atomic E-state index is 10.9. The number of aldehydes is 1. The van der Waals surface area contributed by atoms with Crippen molar-refractivity contribution in [3.63, 3.8) is 0 Å². The van der Waals surface area contributed by atoms with E-state index in [1.165, 1.54) is 16.7 Å². The molecule has 0 aliphatic heterocycles. The Morgan fingerprint density at radius 2 is 1.00 bits per heavy atom. The number of hydrogen-bond acceptors (Lipinski definition) is 1. The van der Waals surface area contributed by atoms with Gasteiger partial charge in [-0.1, -0.05) is 0 Å². The van der Waals surface area contributed by atoms with E-state index in [0.717, 1.165) is 23.0 Å². The fraction of sp³-hybridized carbons (Fsp3) is 0.417. The first-order valence-corrected chi connectivity index (χ1v) is 18.5. The van der Waals surface area contributed by atoms with Crippen LogP contribution in [0.15, 0.2) is 0 Å². The summed E-state index contributed by atoms with van der Waals surface area (Å²) in [6.45, 7) is 10.3. The third kappa shape index (κ3) is 5.66. The summed E-state index contributed by atoms with van der Waals surface area (Å²) >= 11 is 7.39. The topological polar surface area (TPSA) is 17.1 Å². The zero-order valence-electron chi connectivity index (χ0n) is 10.6. The number of carbonyl (C=O) groups excluding carboxylic acids is 1. The van der Waals surface area contributed by atoms with E-state index in [1.54, 1.807) is 0 Å². The first kappa shape index (κ1) is 18.7. The van der Waals surface area contributed by atoms with Crippen molar-refractivity contribution in [2.24, 2.45) is 0 Å². The molecule has 0 unspecified atom stereocenters. The molecular formula is C12H16I3OV. The molecule has 17 heavy (non-hydrogen) atoms. The second-order valence-electron chi connectivity index (χ2n) is 3.85. The minimum atomic E-state index is -0.278. The Bertz CT molecular complexity index is 385. The van der Waals surface area contributed by atoms with Gasteiger partial charge in [0.15, 0.2) is 6.29 Å². The molecule has 5 heteroatoms. The first-order chi connectivity index (χ1) is 7.73. The van der Waals surface area contributed by atoms with E-state index in [-0.39, 0.29) is 4.92 Å². The molecule has 0 heterocycles. The molecule has 1 aromatic carbocycles. The summed E-state index contributed by atoms with van der Waals surface area (Å²) in [5.41, 5.74) is 6.89. The van der Waals surface area contributed by atoms with E-state index in [4.69, 9.17) is 0 Å². The van der Waals surface area contributed by atoms with E-state index in [1.807, 2.05) is 13.8 Å². The molecule has 0 bridgehead atoms. The predicted octanol–water partition coefficient (Wildman–Crippen LogP) is 5.70. The Hall–Kier alpha value is 1.66. The first-order valence-electron chi connectivity index (χ1n) is 5.03. The molecule has 0 saturated heterocycles. The normalized spacial score (nSPS) is 9.94. The van der Waals surface area contributed by atoms with Crippen LogP contribution in [-0.2, 0) is 4.92 Å². The molecule has 1 aromatic rings. The predicted molar refractivity (Wildman–Crippen MR) is 97.6 cm³/mol. The van der Waals surface area contributed by atoms with Crippen molar-refractivity contribution in [3.8, 4) is 0 Å². The summed E-state index contributed by atoms with van der Waals surface area (Å²) in [5.74, 6) is 0. The fourth-order valence-electron chi connectivity index (χ4n) is 1.71. The van der Waals surface area contributed by atoms with Gasteiger partial charge in [-0.05, 0) is 62.4 Å². The molecule has 0 amide bonds. The summed E-state index contributed by atoms with van der Waals surface area (Å²) in [7, 11) is 0. The van der Waals surface area contributed by atoms with Crippen LogP contribution < -0.4 is 0 Å². The number of benzene rings is 1. The van der Waals surface area contributed by atoms with Gasteiger partial charge in [-0.3, -0.25) is 4.79 Å². The van der Waals surface area contributed by atoms with Gasteiger partial charge in [0, 0.05) is 5.56 Å². The Labute approximate surface area is 142 Å². The van der Waals surface area contributed by atoms with Gasteiger partial charge in [0.2, 0.25) is 0 Å². The van der Waals surface area contributed by atoms with E-state index in [0.29, 0.717) is 0 Å². The zero-order valence-corrected chi connectivity index (χ0v) is 18.4. The summed E-state index contributed by atoms with van der Waals surface area (Å²) in [6.07, 6.45) is 0.962. The molecular weight excluding hydrogens is 592 g/mol. The van der Waals surface area contributed by atoms with Crippen LogP contribution in [0.4, 0.5) is 0 Å². The molecule has 0 aromatic heterocycles. The molecule has 1 nitrogen and oxygen atoms in total. The number of carbonyl (C=O) groups is 1. The number of halogens is 3. The van der Waals surface area contributed by atoms with Gasteiger partial charge in [-0.2, -0.15) is 0 Å². The van der Waals surface area contributed by atoms with Crippen LogP contribution >= 0.6 is 59.9 Å². The Balaban J connectivity index is 0.000000557. The maximum absolute atomic E-state index is 10.9. The second kappa shape index (κ2) is 8.76. The van der Waals surface area contributed by atoms with E-state index in [2.05, 4.69) is 80.7 Å². The molecule has 0 N–H and O–H groups in total. The summed E-state index contributed by atoms with van der Waals surface area (Å²) in [6, 6.07) is 0. The van der Waals surface area contributed by atoms with E-state index >= 15 is 0 Å². The monoisotopic (exact) mass is 608 g/mol. The Kier molecular flexibility index (Phi) is 9.62. The standard InChI is InChI=1S/C12H16O.3HI.V/c1-7-8(2)10(4)12(6-13)11(5)9(7)3;;;;/h6H,1-5H3;3*1H;/q;;;;+3/p-3. The van der Waals surface area contributed by atoms with E-state index < -0.39 is 0 Å². The zero-order chi connectivity index (χ0) is 13.7. The van der Waals surface area contributed by atoms with Gasteiger partial charge in [0.1, 0.15) is 0 Å². The third-order valence-electron chi connectivity index (χ3n) is 3.18. The molecule has 0 aliphatic rings. The summed E-state index contributed by atoms with van der Waals surface area (Å²) < 4.78 is 0. The minimum absolute atomic E-state index is 0.278. The van der Waals surface area contributed by atoms with Crippen LogP contribution in [0.25, 0.3) is 0 Å². The molecule has 1 rings (SSSR count). The molecule has 0 aliphatic carbocycles. The molecule has 0 atom stereocenters. The van der Waals surface area contributed by atoms with Crippen molar-refractivity contribution in [2.45, 2.75) is 34.6 Å². The van der Waals surface area contributed by atoms with E-state index in [9.17, 15) is 4.79 Å². The molecule has 0 saturated carbocycles. The van der Waals surface area contributed by atoms with Crippen molar-refractivity contribution < 1.29 is 9.72 Å². The van der Waals surface area contributed by atoms with Crippen molar-refractivity contribution >= 4 is 66.2 Å². The summed E-state index contributed by atoms with van der Waals surface area (Å²) in [5, 5.41) is 0. The average molecular weight is 608 g/mol. The van der Waals surface area contributed by atoms with Gasteiger partial charge >= 0.3 is 64.9 Å². The molecule has 0 fully saturated rings. The molecule has 0 radical (unpaired) electrons. The molecule has 0 spiro atoms. The van der Waals surface area contributed by atoms with Crippen LogP contribution in [0.5, 0.6) is 0 Å². The van der Waals surface area contributed by atoms with Crippen molar-refractivity contribution in [3.05, 3.63) is 33.4 Å². The van der Waals surface area contributed by atoms with Crippen LogP contribution in [0.2, 0.25) is 0 Å². The van der Waals surface area contributed by atoms with Crippen LogP contribution in [-0.4, -0.2) is 6.29 Å². The Morgan fingerprint density at radius 3 is 1.24 bits per heavy atom. The Morgan fingerprint density at radius 1 is 0.765 bits per heavy atom. The second-order valence-corrected chi connectivity index (χ2v) is 39.2.